The van der Waals surface area contributed by atoms with E-state index in [1.165, 1.54) is 4.57 Å². The first-order valence-corrected chi connectivity index (χ1v) is 18.1. The lowest BCUT2D eigenvalue weighted by atomic mass is 9.80. The van der Waals surface area contributed by atoms with Crippen molar-refractivity contribution in [3.63, 3.8) is 0 Å². The molecule has 274 valence electrons. The van der Waals surface area contributed by atoms with E-state index in [-0.39, 0.29) is 17.4 Å². The zero-order chi connectivity index (χ0) is 39.0. The number of carbonyl (C=O) groups excluding carboxylic acids is 2. The van der Waals surface area contributed by atoms with E-state index in [0.717, 1.165) is 28.1 Å². The summed E-state index contributed by atoms with van der Waals surface area (Å²) in [6.45, 7) is 11.6. The Bertz CT molecular complexity index is 2720. The molecule has 0 radical (unpaired) electrons. The summed E-state index contributed by atoms with van der Waals surface area (Å²) in [4.78, 5) is 56.1. The van der Waals surface area contributed by atoms with E-state index in [1.54, 1.807) is 50.4 Å². The predicted octanol–water partition coefficient (Wildman–Crippen LogP) is 9.71. The number of ether oxygens (including phenoxy) is 1. The van der Waals surface area contributed by atoms with Crippen molar-refractivity contribution in [3.05, 3.63) is 158 Å². The van der Waals surface area contributed by atoms with Gasteiger partial charge in [-0.2, -0.15) is 15.0 Å². The minimum atomic E-state index is -0.425. The average Bonchev–Trinajstić information content (AvgIpc) is 3.18. The van der Waals surface area contributed by atoms with Crippen molar-refractivity contribution in [2.24, 2.45) is 7.05 Å². The van der Waals surface area contributed by atoms with Crippen LogP contribution in [-0.2, 0) is 7.05 Å². The maximum Gasteiger partial charge on any atom is 0.327 e. The quantitative estimate of drug-likeness (QED) is 0.147. The number of anilines is 4. The Morgan fingerprint density at radius 1 is 0.673 bits per heavy atom. The molecule has 10 nitrogen and oxygen atoms in total. The van der Waals surface area contributed by atoms with Gasteiger partial charge in [-0.05, 0) is 80.8 Å². The number of fused-ring (bicyclic) bond motifs is 2. The number of rotatable bonds is 8. The highest BCUT2D eigenvalue weighted by Crippen LogP contribution is 2.44. The molecule has 0 saturated heterocycles. The molecule has 1 aliphatic carbocycles. The summed E-state index contributed by atoms with van der Waals surface area (Å²) < 4.78 is 7.34. The lowest BCUT2D eigenvalue weighted by Gasteiger charge is -2.26. The molecule has 7 aromatic rings. The van der Waals surface area contributed by atoms with E-state index in [1.807, 2.05) is 101 Å². The molecule has 8 rings (SSSR count). The van der Waals surface area contributed by atoms with Crippen molar-refractivity contribution in [3.8, 4) is 22.9 Å². The second kappa shape index (κ2) is 14.8. The van der Waals surface area contributed by atoms with Crippen molar-refractivity contribution < 1.29 is 14.3 Å². The van der Waals surface area contributed by atoms with E-state index in [9.17, 15) is 14.4 Å². The van der Waals surface area contributed by atoms with E-state index < -0.39 is 11.3 Å². The highest BCUT2D eigenvalue weighted by molar-refractivity contribution is 6.31. The summed E-state index contributed by atoms with van der Waals surface area (Å²) >= 11 is 0. The highest BCUT2D eigenvalue weighted by Gasteiger charge is 2.34. The van der Waals surface area contributed by atoms with E-state index in [2.05, 4.69) is 25.6 Å². The van der Waals surface area contributed by atoms with Crippen LogP contribution in [0.3, 0.4) is 0 Å². The average molecular weight is 729 g/mol. The summed E-state index contributed by atoms with van der Waals surface area (Å²) in [6, 6.07) is 31.4. The van der Waals surface area contributed by atoms with Gasteiger partial charge in [-0.15, -0.1) is 0 Å². The van der Waals surface area contributed by atoms with Crippen molar-refractivity contribution in [1.82, 2.24) is 19.5 Å². The summed E-state index contributed by atoms with van der Waals surface area (Å²) in [7, 11) is 1.64. The Hall–Kier alpha value is -6.94. The summed E-state index contributed by atoms with van der Waals surface area (Å²) in [5.74, 6) is 0.800. The van der Waals surface area contributed by atoms with Gasteiger partial charge in [-0.25, -0.2) is 0 Å². The summed E-state index contributed by atoms with van der Waals surface area (Å²) in [5.41, 5.74) is 7.17. The minimum absolute atomic E-state index is 0.0326. The molecule has 0 spiro atoms. The van der Waals surface area contributed by atoms with Crippen LogP contribution in [0.4, 0.5) is 23.0 Å². The fourth-order valence-electron chi connectivity index (χ4n) is 6.96. The lowest BCUT2D eigenvalue weighted by Crippen LogP contribution is -2.29. The molecule has 10 heteroatoms. The van der Waals surface area contributed by atoms with Crippen molar-refractivity contribution in [1.29, 1.82) is 0 Å². The molecule has 0 unspecified atom stereocenters. The highest BCUT2D eigenvalue weighted by atomic mass is 16.5. The molecular formula is C45H40N6O4. The molecular weight excluding hydrogens is 689 g/mol. The zero-order valence-electron chi connectivity index (χ0n) is 31.7. The van der Waals surface area contributed by atoms with Crippen LogP contribution in [0, 0.1) is 27.7 Å². The van der Waals surface area contributed by atoms with Gasteiger partial charge in [0.2, 0.25) is 5.95 Å². The number of ketones is 2. The van der Waals surface area contributed by atoms with Crippen LogP contribution < -0.4 is 20.9 Å². The van der Waals surface area contributed by atoms with Gasteiger partial charge in [0.1, 0.15) is 11.6 Å². The molecule has 2 aromatic heterocycles. The van der Waals surface area contributed by atoms with Crippen LogP contribution in [-0.4, -0.2) is 31.1 Å². The second-order valence-electron chi connectivity index (χ2n) is 13.2. The van der Waals surface area contributed by atoms with Crippen molar-refractivity contribution in [2.75, 3.05) is 10.6 Å². The van der Waals surface area contributed by atoms with Crippen LogP contribution in [0.15, 0.2) is 108 Å². The van der Waals surface area contributed by atoms with Crippen LogP contribution in [0.25, 0.3) is 22.0 Å². The predicted molar refractivity (Wildman–Crippen MR) is 218 cm³/mol. The third-order valence-electron chi connectivity index (χ3n) is 9.50. The van der Waals surface area contributed by atoms with Gasteiger partial charge in [-0.3, -0.25) is 14.4 Å². The first-order valence-electron chi connectivity index (χ1n) is 18.1. The number of aromatic nitrogens is 4. The van der Waals surface area contributed by atoms with E-state index >= 15 is 0 Å². The van der Waals surface area contributed by atoms with Gasteiger partial charge in [0.05, 0.1) is 22.3 Å². The number of hydrogen-bond acceptors (Lipinski definition) is 9. The number of hydrogen-bond donors (Lipinski definition) is 2. The van der Waals surface area contributed by atoms with Crippen molar-refractivity contribution >= 4 is 45.5 Å². The molecule has 0 amide bonds. The molecule has 0 fully saturated rings. The topological polar surface area (TPSA) is 128 Å². The normalized spacial score (nSPS) is 11.4. The van der Waals surface area contributed by atoms with E-state index in [0.29, 0.717) is 61.9 Å². The van der Waals surface area contributed by atoms with Crippen molar-refractivity contribution in [2.45, 2.75) is 41.5 Å². The fourth-order valence-corrected chi connectivity index (χ4v) is 6.96. The third-order valence-corrected chi connectivity index (χ3v) is 9.50. The van der Waals surface area contributed by atoms with E-state index in [4.69, 9.17) is 4.74 Å². The minimum Gasteiger partial charge on any atom is -0.424 e. The van der Waals surface area contributed by atoms with Gasteiger partial charge in [0.25, 0.3) is 5.56 Å². The van der Waals surface area contributed by atoms with Gasteiger partial charge < -0.3 is 19.9 Å². The van der Waals surface area contributed by atoms with Gasteiger partial charge in [0, 0.05) is 40.5 Å². The largest absolute Gasteiger partial charge is 0.424 e. The Labute approximate surface area is 318 Å². The molecule has 0 aliphatic heterocycles. The molecule has 0 atom stereocenters. The maximum atomic E-state index is 14.5. The number of nitrogens with one attached hydrogen (secondary N) is 2. The third kappa shape index (κ3) is 6.74. The Balaban J connectivity index is 0.00000229. The first-order chi connectivity index (χ1) is 26.6. The number of benzene rings is 5. The lowest BCUT2D eigenvalue weighted by molar-refractivity contribution is 0.102. The number of pyridine rings is 1. The molecule has 1 aliphatic rings. The zero-order valence-corrected chi connectivity index (χ0v) is 31.7. The molecule has 2 heterocycles. The molecule has 0 bridgehead atoms. The van der Waals surface area contributed by atoms with Gasteiger partial charge in [0.15, 0.2) is 11.6 Å². The second-order valence-corrected chi connectivity index (χ2v) is 13.2. The number of nitrogens with zero attached hydrogens (tertiary/aromatic N) is 4. The standard InChI is InChI=1S/C43H34N6O4.C2H6/c1-23-12-11-13-27(20-23)39(50)38-35-29-16-9-10-17-30(29)40(51)36-31(18-19-34(37(35)36)49(5)41(38)52)46-32-22-33(25(3)21-24(32)2)47-42-44-26(4)45-43(48-42)53-28-14-7-6-8-15-28;1-2/h6-22,46H,1-5H3,(H,44,45,47,48);1-2H3. The molecule has 5 aromatic carbocycles. The van der Waals surface area contributed by atoms with Crippen LogP contribution in [0.2, 0.25) is 0 Å². The van der Waals surface area contributed by atoms with Gasteiger partial charge in [-0.1, -0.05) is 86.1 Å². The SMILES string of the molecule is CC.Cc1cccc(C(=O)c2c3c4c(c(Nc5cc(Nc6nc(C)nc(Oc7ccccc7)n6)c(C)cc5C)ccc4n(C)c2=O)C(=O)c2ccccc2-3)c1. The summed E-state index contributed by atoms with van der Waals surface area (Å²) in [5, 5.41) is 7.39. The first kappa shape index (κ1) is 36.4. The molecule has 55 heavy (non-hydrogen) atoms. The van der Waals surface area contributed by atoms with Gasteiger partial charge >= 0.3 is 6.01 Å². The van der Waals surface area contributed by atoms with Crippen LogP contribution >= 0.6 is 0 Å². The Kier molecular flexibility index (Phi) is 9.82. The number of para-hydroxylation sites is 1. The number of aryl methyl sites for hydroxylation is 5. The smallest absolute Gasteiger partial charge is 0.327 e. The Morgan fingerprint density at radius 2 is 1.36 bits per heavy atom. The monoisotopic (exact) mass is 728 g/mol. The molecule has 0 saturated carbocycles. The number of carbonyl (C=O) groups is 2. The van der Waals surface area contributed by atoms with Crippen LogP contribution in [0.5, 0.6) is 11.8 Å². The van der Waals surface area contributed by atoms with Crippen LogP contribution in [0.1, 0.15) is 68.2 Å². The Morgan fingerprint density at radius 3 is 2.09 bits per heavy atom. The maximum absolute atomic E-state index is 14.5. The fraction of sp³-hybridized carbons (Fsp3) is 0.156. The summed E-state index contributed by atoms with van der Waals surface area (Å²) in [6.07, 6.45) is 0. The molecule has 2 N–H and O–H groups in total.